The van der Waals surface area contributed by atoms with Crippen molar-refractivity contribution < 1.29 is 54.0 Å². The van der Waals surface area contributed by atoms with Gasteiger partial charge in [-0.25, -0.2) is 4.79 Å². The summed E-state index contributed by atoms with van der Waals surface area (Å²) in [4.78, 5) is 13.0. The maximum absolute atomic E-state index is 13.0. The highest BCUT2D eigenvalue weighted by molar-refractivity contribution is 6.13. The van der Waals surface area contributed by atoms with E-state index < -0.39 is 30.6 Å². The van der Waals surface area contributed by atoms with Gasteiger partial charge in [-0.2, -0.15) is 0 Å². The largest absolute Gasteiger partial charge is 0.461 e. The van der Waals surface area contributed by atoms with Crippen molar-refractivity contribution in [2.24, 2.45) is 0 Å². The van der Waals surface area contributed by atoms with Gasteiger partial charge in [0.05, 0.1) is 32.0 Å². The molecule has 1 fully saturated rings. The van der Waals surface area contributed by atoms with E-state index in [0.717, 1.165) is 0 Å². The number of carbonyl (C=O) groups is 1. The minimum absolute atomic E-state index is 0.0743. The molecule has 5 N–H and O–H groups in total. The van der Waals surface area contributed by atoms with Gasteiger partial charge in [0.25, 0.3) is 0 Å². The van der Waals surface area contributed by atoms with E-state index in [9.17, 15) is 30.3 Å². The molecule has 1 saturated heterocycles. The average molecular weight is 512 g/mol. The number of hydrogen-bond acceptors (Lipinski definition) is 11. The molecular formula is C26H24O11. The quantitative estimate of drug-likeness (QED) is 0.296. The fraction of sp³-hybridized carbons (Fsp3) is 0.346. The molecule has 0 aliphatic carbocycles. The molecule has 3 aliphatic heterocycles. The molecule has 0 bridgehead atoms. The minimum atomic E-state index is -1.91. The number of aliphatic hydroxyl groups is 5. The van der Waals surface area contributed by atoms with Crippen molar-refractivity contribution in [3.63, 3.8) is 0 Å². The second kappa shape index (κ2) is 8.84. The van der Waals surface area contributed by atoms with Crippen LogP contribution in [0, 0.1) is 0 Å². The van der Waals surface area contributed by atoms with Crippen LogP contribution in [0.1, 0.15) is 27.0 Å². The van der Waals surface area contributed by atoms with Gasteiger partial charge in [-0.3, -0.25) is 0 Å². The van der Waals surface area contributed by atoms with Crippen molar-refractivity contribution in [2.75, 3.05) is 20.0 Å². The second-order valence-electron chi connectivity index (χ2n) is 9.19. The summed E-state index contributed by atoms with van der Waals surface area (Å²) < 4.78 is 27.8. The van der Waals surface area contributed by atoms with Crippen LogP contribution in [0.3, 0.4) is 0 Å². The molecule has 3 aromatic rings. The molecule has 3 heterocycles. The van der Waals surface area contributed by atoms with E-state index in [1.54, 1.807) is 30.3 Å². The number of benzene rings is 3. The number of ether oxygens (including phenoxy) is 5. The highest BCUT2D eigenvalue weighted by Gasteiger charge is 2.50. The SMILES string of the molecule is O=C1OCc2c1c(-c1ccc3c(c1)OCO3)c1cc(CO)c(CO)cc1c2O[C@H]1OCC(O)(CO)[C@@H]1O. The van der Waals surface area contributed by atoms with Crippen LogP contribution in [0.15, 0.2) is 30.3 Å². The highest BCUT2D eigenvalue weighted by atomic mass is 16.7. The Balaban J connectivity index is 1.61. The van der Waals surface area contributed by atoms with Gasteiger partial charge in [-0.05, 0) is 46.3 Å². The summed E-state index contributed by atoms with van der Waals surface area (Å²) in [6.07, 6.45) is -2.93. The molecule has 37 heavy (non-hydrogen) atoms. The predicted octanol–water partition coefficient (Wildman–Crippen LogP) is 0.710. The van der Waals surface area contributed by atoms with Gasteiger partial charge in [-0.1, -0.05) is 6.07 Å². The van der Waals surface area contributed by atoms with E-state index >= 15 is 0 Å². The Labute approximate surface area is 210 Å². The summed E-state index contributed by atoms with van der Waals surface area (Å²) in [7, 11) is 0. The molecule has 11 nitrogen and oxygen atoms in total. The number of cyclic esters (lactones) is 1. The van der Waals surface area contributed by atoms with E-state index in [1.807, 2.05) is 0 Å². The van der Waals surface area contributed by atoms with Crippen molar-refractivity contribution in [3.05, 3.63) is 52.6 Å². The lowest BCUT2D eigenvalue weighted by atomic mass is 9.87. The van der Waals surface area contributed by atoms with Crippen molar-refractivity contribution in [3.8, 4) is 28.4 Å². The van der Waals surface area contributed by atoms with E-state index in [-0.39, 0.29) is 44.5 Å². The summed E-state index contributed by atoms with van der Waals surface area (Å²) >= 11 is 0. The normalized spacial score (nSPS) is 24.0. The van der Waals surface area contributed by atoms with Gasteiger partial charge < -0.3 is 49.2 Å². The Kier molecular flexibility index (Phi) is 5.71. The lowest BCUT2D eigenvalue weighted by Gasteiger charge is -2.25. The Morgan fingerprint density at radius 3 is 2.38 bits per heavy atom. The van der Waals surface area contributed by atoms with Crippen LogP contribution in [-0.4, -0.2) is 69.5 Å². The highest BCUT2D eigenvalue weighted by Crippen LogP contribution is 2.48. The Morgan fingerprint density at radius 1 is 0.946 bits per heavy atom. The van der Waals surface area contributed by atoms with E-state index in [2.05, 4.69) is 0 Å². The molecule has 1 unspecified atom stereocenters. The first-order valence-corrected chi connectivity index (χ1v) is 11.6. The van der Waals surface area contributed by atoms with Gasteiger partial charge in [-0.15, -0.1) is 0 Å². The third-order valence-corrected chi connectivity index (χ3v) is 7.05. The number of fused-ring (bicyclic) bond motifs is 3. The van der Waals surface area contributed by atoms with Gasteiger partial charge in [0.15, 0.2) is 11.5 Å². The molecule has 11 heteroatoms. The lowest BCUT2D eigenvalue weighted by molar-refractivity contribution is -0.115. The average Bonchev–Trinajstić information content (AvgIpc) is 3.62. The molecule has 0 amide bonds. The van der Waals surface area contributed by atoms with E-state index in [0.29, 0.717) is 50.1 Å². The summed E-state index contributed by atoms with van der Waals surface area (Å²) in [5, 5.41) is 51.4. The molecule has 0 aromatic heterocycles. The van der Waals surface area contributed by atoms with E-state index in [4.69, 9.17) is 23.7 Å². The molecule has 3 aromatic carbocycles. The standard InChI is InChI=1S/C26H24O11/c27-6-13-3-15-16(4-14(13)7-28)22(37-25-23(30)26(32,9-29)10-34-25)17-8-33-24(31)21(17)20(15)12-1-2-18-19(5-12)36-11-35-18/h1-5,23,25,27-30,32H,6-11H2/t23-,25-,26?/m1/s1. The molecule has 3 aliphatic rings. The fourth-order valence-corrected chi connectivity index (χ4v) is 5.01. The zero-order valence-electron chi connectivity index (χ0n) is 19.5. The first-order chi connectivity index (χ1) is 17.9. The summed E-state index contributed by atoms with van der Waals surface area (Å²) in [6, 6.07) is 8.55. The minimum Gasteiger partial charge on any atom is -0.461 e. The number of esters is 1. The molecular weight excluding hydrogens is 488 g/mol. The van der Waals surface area contributed by atoms with Crippen LogP contribution in [-0.2, 0) is 29.3 Å². The summed E-state index contributed by atoms with van der Waals surface area (Å²) in [6.45, 7) is -1.89. The van der Waals surface area contributed by atoms with Crippen LogP contribution in [0.5, 0.6) is 17.2 Å². The molecule has 0 radical (unpaired) electrons. The number of rotatable bonds is 6. The van der Waals surface area contributed by atoms with Crippen LogP contribution in [0.25, 0.3) is 21.9 Å². The van der Waals surface area contributed by atoms with Crippen molar-refractivity contribution in [2.45, 2.75) is 37.8 Å². The maximum atomic E-state index is 13.0. The fourth-order valence-electron chi connectivity index (χ4n) is 5.01. The predicted molar refractivity (Wildman–Crippen MR) is 125 cm³/mol. The van der Waals surface area contributed by atoms with Crippen LogP contribution in [0.2, 0.25) is 0 Å². The molecule has 6 rings (SSSR count). The van der Waals surface area contributed by atoms with Gasteiger partial charge in [0.1, 0.15) is 24.1 Å². The van der Waals surface area contributed by atoms with Crippen molar-refractivity contribution in [1.29, 1.82) is 0 Å². The number of hydrogen-bond donors (Lipinski definition) is 5. The van der Waals surface area contributed by atoms with Gasteiger partial charge in [0, 0.05) is 16.5 Å². The summed E-state index contributed by atoms with van der Waals surface area (Å²) in [5.74, 6) is 0.637. The third-order valence-electron chi connectivity index (χ3n) is 7.05. The van der Waals surface area contributed by atoms with Crippen molar-refractivity contribution >= 4 is 16.7 Å². The van der Waals surface area contributed by atoms with E-state index in [1.165, 1.54) is 0 Å². The number of carbonyl (C=O) groups excluding carboxylic acids is 1. The molecule has 0 saturated carbocycles. The Morgan fingerprint density at radius 2 is 1.68 bits per heavy atom. The maximum Gasteiger partial charge on any atom is 0.339 e. The molecule has 0 spiro atoms. The zero-order chi connectivity index (χ0) is 25.9. The molecule has 194 valence electrons. The topological polar surface area (TPSA) is 164 Å². The first kappa shape index (κ1) is 23.9. The van der Waals surface area contributed by atoms with Crippen LogP contribution >= 0.6 is 0 Å². The Bertz CT molecular complexity index is 1420. The zero-order valence-corrected chi connectivity index (χ0v) is 19.5. The summed E-state index contributed by atoms with van der Waals surface area (Å²) in [5.41, 5.74) is 0.721. The second-order valence-corrected chi connectivity index (χ2v) is 9.19. The molecule has 3 atom stereocenters. The van der Waals surface area contributed by atoms with Crippen molar-refractivity contribution in [1.82, 2.24) is 0 Å². The van der Waals surface area contributed by atoms with Gasteiger partial charge in [0.2, 0.25) is 13.1 Å². The Hall–Kier alpha value is -3.45. The van der Waals surface area contributed by atoms with Gasteiger partial charge >= 0.3 is 5.97 Å². The monoisotopic (exact) mass is 512 g/mol. The van der Waals surface area contributed by atoms with Crippen LogP contribution in [0.4, 0.5) is 0 Å². The smallest absolute Gasteiger partial charge is 0.339 e. The third kappa shape index (κ3) is 3.62. The van der Waals surface area contributed by atoms with Crippen LogP contribution < -0.4 is 14.2 Å². The first-order valence-electron chi connectivity index (χ1n) is 11.6. The number of aliphatic hydroxyl groups excluding tert-OH is 4. The lowest BCUT2D eigenvalue weighted by Crippen LogP contribution is -2.48.